The zero-order valence-electron chi connectivity index (χ0n) is 6.65. The third-order valence-electron chi connectivity index (χ3n) is 1.13. The molecule has 1 saturated heterocycles. The minimum absolute atomic E-state index is 0.167. The van der Waals surface area contributed by atoms with E-state index in [4.69, 9.17) is 15.9 Å². The SMILES string of the molecule is C[C@@H](O)[C@H](N)C(=O)O.O=C1CN1. The Labute approximate surface area is 69.4 Å². The molecule has 0 spiro atoms. The quantitative estimate of drug-likeness (QED) is 0.359. The molecule has 0 saturated carbocycles. The summed E-state index contributed by atoms with van der Waals surface area (Å²) in [5.74, 6) is -1.01. The number of rotatable bonds is 2. The van der Waals surface area contributed by atoms with E-state index in [-0.39, 0.29) is 5.91 Å². The number of carbonyl (C=O) groups is 2. The van der Waals surface area contributed by atoms with Crippen molar-refractivity contribution in [2.45, 2.75) is 19.1 Å². The highest BCUT2D eigenvalue weighted by atomic mass is 16.4. The van der Waals surface area contributed by atoms with E-state index in [1.165, 1.54) is 6.92 Å². The normalized spacial score (nSPS) is 18.1. The van der Waals surface area contributed by atoms with Gasteiger partial charge >= 0.3 is 5.97 Å². The van der Waals surface area contributed by atoms with Crippen molar-refractivity contribution < 1.29 is 19.8 Å². The van der Waals surface area contributed by atoms with Crippen molar-refractivity contribution in [1.82, 2.24) is 5.32 Å². The number of hydrogen-bond donors (Lipinski definition) is 4. The maximum Gasteiger partial charge on any atom is 0.323 e. The second-order valence-corrected chi connectivity index (χ2v) is 2.38. The number of aliphatic hydroxyl groups excluding tert-OH is 1. The second-order valence-electron chi connectivity index (χ2n) is 2.38. The van der Waals surface area contributed by atoms with Crippen LogP contribution < -0.4 is 11.1 Å². The highest BCUT2D eigenvalue weighted by Gasteiger charge is 2.16. The van der Waals surface area contributed by atoms with E-state index in [0.29, 0.717) is 6.54 Å². The topological polar surface area (TPSA) is 123 Å². The van der Waals surface area contributed by atoms with Gasteiger partial charge in [-0.2, -0.15) is 0 Å². The zero-order chi connectivity index (χ0) is 9.72. The van der Waals surface area contributed by atoms with Crippen LogP contribution in [0.3, 0.4) is 0 Å². The van der Waals surface area contributed by atoms with Crippen LogP contribution in [0.1, 0.15) is 6.92 Å². The van der Waals surface area contributed by atoms with Crippen molar-refractivity contribution in [2.24, 2.45) is 5.73 Å². The van der Waals surface area contributed by atoms with Crippen molar-refractivity contribution in [3.63, 3.8) is 0 Å². The fourth-order valence-corrected chi connectivity index (χ4v) is 0.242. The van der Waals surface area contributed by atoms with E-state index in [2.05, 4.69) is 5.32 Å². The average Bonchev–Trinajstić information content (AvgIpc) is 2.71. The van der Waals surface area contributed by atoms with Gasteiger partial charge in [0.1, 0.15) is 6.04 Å². The number of carbonyl (C=O) groups excluding carboxylic acids is 1. The summed E-state index contributed by atoms with van der Waals surface area (Å²) in [7, 11) is 0. The molecule has 0 aromatic carbocycles. The van der Waals surface area contributed by atoms with Crippen molar-refractivity contribution >= 4 is 11.9 Å². The zero-order valence-corrected chi connectivity index (χ0v) is 6.65. The number of carboxylic acids is 1. The van der Waals surface area contributed by atoms with Crippen LogP contribution in [0.15, 0.2) is 0 Å². The van der Waals surface area contributed by atoms with Crippen molar-refractivity contribution in [2.75, 3.05) is 6.54 Å². The molecule has 1 aliphatic heterocycles. The highest BCUT2D eigenvalue weighted by Crippen LogP contribution is 1.85. The average molecular weight is 176 g/mol. The molecule has 6 heteroatoms. The van der Waals surface area contributed by atoms with Gasteiger partial charge in [-0.05, 0) is 6.92 Å². The monoisotopic (exact) mass is 176 g/mol. The second kappa shape index (κ2) is 4.68. The lowest BCUT2D eigenvalue weighted by Crippen LogP contribution is -2.39. The van der Waals surface area contributed by atoms with Crippen LogP contribution in [0.2, 0.25) is 0 Å². The minimum Gasteiger partial charge on any atom is -0.480 e. The molecule has 70 valence electrons. The van der Waals surface area contributed by atoms with Gasteiger partial charge in [0.15, 0.2) is 0 Å². The van der Waals surface area contributed by atoms with Crippen LogP contribution in [0.5, 0.6) is 0 Å². The summed E-state index contributed by atoms with van der Waals surface area (Å²) in [5.41, 5.74) is 4.91. The molecule has 0 unspecified atom stereocenters. The van der Waals surface area contributed by atoms with Crippen LogP contribution in [0.25, 0.3) is 0 Å². The first-order chi connectivity index (χ1) is 5.45. The summed E-state index contributed by atoms with van der Waals surface area (Å²) in [6.07, 6.45) is -0.979. The summed E-state index contributed by atoms with van der Waals surface area (Å²) in [5, 5.41) is 19.0. The van der Waals surface area contributed by atoms with Crippen molar-refractivity contribution in [1.29, 1.82) is 0 Å². The summed E-state index contributed by atoms with van der Waals surface area (Å²) in [4.78, 5) is 19.3. The Balaban J connectivity index is 0.000000247. The molecule has 0 aliphatic carbocycles. The van der Waals surface area contributed by atoms with Gasteiger partial charge in [0.25, 0.3) is 0 Å². The molecule has 1 heterocycles. The van der Waals surface area contributed by atoms with Gasteiger partial charge in [-0.25, -0.2) is 0 Å². The molecular formula is C6H12N2O4. The molecular weight excluding hydrogens is 164 g/mol. The molecule has 2 atom stereocenters. The summed E-state index contributed by atoms with van der Waals surface area (Å²) >= 11 is 0. The van der Waals surface area contributed by atoms with Gasteiger partial charge in [-0.1, -0.05) is 0 Å². The molecule has 12 heavy (non-hydrogen) atoms. The molecule has 0 radical (unpaired) electrons. The predicted octanol–water partition coefficient (Wildman–Crippen LogP) is -2.10. The minimum atomic E-state index is -1.18. The number of aliphatic hydroxyl groups is 1. The Hall–Kier alpha value is -1.14. The van der Waals surface area contributed by atoms with Crippen LogP contribution >= 0.6 is 0 Å². The Morgan fingerprint density at radius 3 is 2.08 bits per heavy atom. The fourth-order valence-electron chi connectivity index (χ4n) is 0.242. The van der Waals surface area contributed by atoms with Crippen LogP contribution in [0.4, 0.5) is 0 Å². The van der Waals surface area contributed by atoms with E-state index < -0.39 is 18.1 Å². The van der Waals surface area contributed by atoms with Crippen molar-refractivity contribution in [3.8, 4) is 0 Å². The smallest absolute Gasteiger partial charge is 0.323 e. The first-order valence-electron chi connectivity index (χ1n) is 3.38. The Kier molecular flexibility index (Phi) is 4.24. The largest absolute Gasteiger partial charge is 0.480 e. The molecule has 1 aliphatic rings. The van der Waals surface area contributed by atoms with Gasteiger partial charge in [0, 0.05) is 0 Å². The van der Waals surface area contributed by atoms with Gasteiger partial charge in [0.05, 0.1) is 12.6 Å². The summed E-state index contributed by atoms with van der Waals surface area (Å²) < 4.78 is 0. The van der Waals surface area contributed by atoms with Crippen LogP contribution in [-0.4, -0.2) is 40.8 Å². The number of carboxylic acid groups (broad SMARTS) is 1. The fraction of sp³-hybridized carbons (Fsp3) is 0.667. The van der Waals surface area contributed by atoms with E-state index >= 15 is 0 Å². The molecule has 6 nitrogen and oxygen atoms in total. The number of amides is 1. The number of nitrogens with two attached hydrogens (primary N) is 1. The molecule has 0 bridgehead atoms. The lowest BCUT2D eigenvalue weighted by molar-refractivity contribution is -0.140. The lowest BCUT2D eigenvalue weighted by Gasteiger charge is -2.06. The highest BCUT2D eigenvalue weighted by molar-refractivity contribution is 5.91. The lowest BCUT2D eigenvalue weighted by atomic mass is 10.2. The third kappa shape index (κ3) is 5.63. The van der Waals surface area contributed by atoms with Gasteiger partial charge in [-0.3, -0.25) is 9.59 Å². The molecule has 1 rings (SSSR count). The third-order valence-corrected chi connectivity index (χ3v) is 1.13. The van der Waals surface area contributed by atoms with E-state index in [9.17, 15) is 9.59 Å². The Morgan fingerprint density at radius 1 is 1.75 bits per heavy atom. The Morgan fingerprint density at radius 2 is 2.08 bits per heavy atom. The maximum atomic E-state index is 9.86. The first kappa shape index (κ1) is 10.9. The number of aliphatic carboxylic acids is 1. The standard InChI is InChI=1S/C4H9NO3.C2H3NO/c1-2(6)3(5)4(7)8;4-2-1-3-2/h2-3,6H,5H2,1H3,(H,7,8);1H2,(H,3,4)/t2-,3+;/m1./s1. The van der Waals surface area contributed by atoms with Gasteiger partial charge < -0.3 is 21.3 Å². The van der Waals surface area contributed by atoms with Crippen LogP contribution in [-0.2, 0) is 9.59 Å². The van der Waals surface area contributed by atoms with Crippen molar-refractivity contribution in [3.05, 3.63) is 0 Å². The molecule has 1 fully saturated rings. The van der Waals surface area contributed by atoms with Gasteiger partial charge in [-0.15, -0.1) is 0 Å². The maximum absolute atomic E-state index is 9.86. The van der Waals surface area contributed by atoms with E-state index in [1.807, 2.05) is 0 Å². The van der Waals surface area contributed by atoms with Crippen LogP contribution in [0, 0.1) is 0 Å². The Bertz CT molecular complexity index is 174. The predicted molar refractivity (Wildman–Crippen MR) is 40.3 cm³/mol. The summed E-state index contributed by atoms with van der Waals surface area (Å²) in [6, 6.07) is -1.16. The molecule has 0 aromatic heterocycles. The van der Waals surface area contributed by atoms with E-state index in [0.717, 1.165) is 0 Å². The first-order valence-corrected chi connectivity index (χ1v) is 3.38. The number of nitrogens with one attached hydrogen (secondary N) is 1. The molecule has 1 amide bonds. The molecule has 5 N–H and O–H groups in total. The summed E-state index contributed by atoms with van der Waals surface area (Å²) in [6.45, 7) is 1.93. The molecule has 0 aromatic rings. The number of hydrogen-bond acceptors (Lipinski definition) is 4. The van der Waals surface area contributed by atoms with Gasteiger partial charge in [0.2, 0.25) is 5.91 Å². The van der Waals surface area contributed by atoms with E-state index in [1.54, 1.807) is 0 Å².